The lowest BCUT2D eigenvalue weighted by molar-refractivity contribution is -0.138. The van der Waals surface area contributed by atoms with Gasteiger partial charge in [-0.2, -0.15) is 0 Å². The molecule has 1 aliphatic carbocycles. The Morgan fingerprint density at radius 3 is 2.67 bits per heavy atom. The number of carbonyl (C=O) groups is 1. The molecule has 84 valence electrons. The van der Waals surface area contributed by atoms with Crippen LogP contribution in [-0.4, -0.2) is 59.6 Å². The molecule has 0 unspecified atom stereocenters. The molecule has 3 aliphatic rings. The van der Waals surface area contributed by atoms with Gasteiger partial charge in [-0.05, 0) is 25.8 Å². The van der Waals surface area contributed by atoms with E-state index in [1.807, 2.05) is 0 Å². The molecule has 0 aromatic rings. The van der Waals surface area contributed by atoms with Crippen LogP contribution in [0, 0.1) is 5.41 Å². The molecule has 4 heteroatoms. The summed E-state index contributed by atoms with van der Waals surface area (Å²) in [5, 5.41) is 8.73. The van der Waals surface area contributed by atoms with Gasteiger partial charge in [0, 0.05) is 31.1 Å². The van der Waals surface area contributed by atoms with Crippen LogP contribution in [0.5, 0.6) is 0 Å². The van der Waals surface area contributed by atoms with Gasteiger partial charge in [0.1, 0.15) is 0 Å². The van der Waals surface area contributed by atoms with E-state index in [2.05, 4.69) is 9.80 Å². The minimum absolute atomic E-state index is 0.227. The zero-order chi connectivity index (χ0) is 10.5. The van der Waals surface area contributed by atoms with Gasteiger partial charge in [0.2, 0.25) is 0 Å². The molecule has 1 N–H and O–H groups in total. The highest BCUT2D eigenvalue weighted by Crippen LogP contribution is 2.44. The molecule has 0 radical (unpaired) electrons. The SMILES string of the molecule is O=C(O)CN1CCC2(C1)CN(C1CC1)C2. The van der Waals surface area contributed by atoms with E-state index in [0.29, 0.717) is 5.41 Å². The van der Waals surface area contributed by atoms with Gasteiger partial charge in [-0.3, -0.25) is 14.6 Å². The lowest BCUT2D eigenvalue weighted by Crippen LogP contribution is -2.58. The quantitative estimate of drug-likeness (QED) is 0.725. The van der Waals surface area contributed by atoms with Gasteiger partial charge in [-0.15, -0.1) is 0 Å². The Kier molecular flexibility index (Phi) is 2.04. The normalized spacial score (nSPS) is 30.7. The molecule has 0 atom stereocenters. The van der Waals surface area contributed by atoms with Gasteiger partial charge in [-0.25, -0.2) is 0 Å². The van der Waals surface area contributed by atoms with Gasteiger partial charge in [-0.1, -0.05) is 0 Å². The van der Waals surface area contributed by atoms with Crippen molar-refractivity contribution in [2.75, 3.05) is 32.7 Å². The summed E-state index contributed by atoms with van der Waals surface area (Å²) >= 11 is 0. The van der Waals surface area contributed by atoms with Crippen molar-refractivity contribution in [1.82, 2.24) is 9.80 Å². The van der Waals surface area contributed by atoms with E-state index in [1.165, 1.54) is 32.4 Å². The zero-order valence-electron chi connectivity index (χ0n) is 8.98. The van der Waals surface area contributed by atoms with E-state index in [0.717, 1.165) is 19.1 Å². The predicted molar refractivity (Wildman–Crippen MR) is 55.7 cm³/mol. The zero-order valence-corrected chi connectivity index (χ0v) is 8.98. The minimum Gasteiger partial charge on any atom is -0.480 e. The van der Waals surface area contributed by atoms with Gasteiger partial charge in [0.05, 0.1) is 6.54 Å². The third-order valence-electron chi connectivity index (χ3n) is 4.02. The van der Waals surface area contributed by atoms with Crippen molar-refractivity contribution in [3.05, 3.63) is 0 Å². The number of rotatable bonds is 3. The molecular formula is C11H18N2O2. The summed E-state index contributed by atoms with van der Waals surface area (Å²) in [4.78, 5) is 15.3. The van der Waals surface area contributed by atoms with Gasteiger partial charge >= 0.3 is 5.97 Å². The Labute approximate surface area is 89.8 Å². The second-order valence-electron chi connectivity index (χ2n) is 5.49. The Balaban J connectivity index is 1.51. The lowest BCUT2D eigenvalue weighted by atomic mass is 9.79. The van der Waals surface area contributed by atoms with Gasteiger partial charge in [0.15, 0.2) is 0 Å². The predicted octanol–water partition coefficient (Wildman–Crippen LogP) is 0.241. The van der Waals surface area contributed by atoms with E-state index in [4.69, 9.17) is 5.11 Å². The molecule has 2 heterocycles. The maximum atomic E-state index is 10.6. The molecule has 2 aliphatic heterocycles. The Bertz CT molecular complexity index is 282. The van der Waals surface area contributed by atoms with Crippen molar-refractivity contribution in [2.45, 2.75) is 25.3 Å². The number of hydrogen-bond acceptors (Lipinski definition) is 3. The molecule has 0 aromatic carbocycles. The number of carboxylic acids is 1. The van der Waals surface area contributed by atoms with Gasteiger partial charge < -0.3 is 5.11 Å². The Morgan fingerprint density at radius 2 is 2.07 bits per heavy atom. The molecule has 0 aromatic heterocycles. The first-order chi connectivity index (χ1) is 7.17. The van der Waals surface area contributed by atoms with Crippen LogP contribution in [0.25, 0.3) is 0 Å². The summed E-state index contributed by atoms with van der Waals surface area (Å²) in [6, 6.07) is 0.879. The Hall–Kier alpha value is -0.610. The maximum absolute atomic E-state index is 10.6. The summed E-state index contributed by atoms with van der Waals surface area (Å²) < 4.78 is 0. The largest absolute Gasteiger partial charge is 0.480 e. The highest BCUT2D eigenvalue weighted by Gasteiger charge is 2.51. The summed E-state index contributed by atoms with van der Waals surface area (Å²) in [7, 11) is 0. The second-order valence-corrected chi connectivity index (χ2v) is 5.49. The Morgan fingerprint density at radius 1 is 1.33 bits per heavy atom. The van der Waals surface area contributed by atoms with E-state index >= 15 is 0 Å². The van der Waals surface area contributed by atoms with Crippen molar-refractivity contribution in [1.29, 1.82) is 0 Å². The summed E-state index contributed by atoms with van der Waals surface area (Å²) in [5.74, 6) is -0.689. The molecule has 3 rings (SSSR count). The molecule has 1 spiro atoms. The summed E-state index contributed by atoms with van der Waals surface area (Å²) in [5.41, 5.74) is 0.456. The molecule has 3 fully saturated rings. The van der Waals surface area contributed by atoms with Crippen LogP contribution in [0.4, 0.5) is 0 Å². The standard InChI is InChI=1S/C11H18N2O2/c14-10(15)5-12-4-3-11(6-12)7-13(8-11)9-1-2-9/h9H,1-8H2,(H,14,15). The highest BCUT2D eigenvalue weighted by molar-refractivity contribution is 5.69. The number of aliphatic carboxylic acids is 1. The average Bonchev–Trinajstić information content (AvgIpc) is 2.85. The molecule has 15 heavy (non-hydrogen) atoms. The first kappa shape index (κ1) is 9.60. The molecule has 0 amide bonds. The minimum atomic E-state index is -0.689. The molecule has 4 nitrogen and oxygen atoms in total. The number of likely N-dealkylation sites (tertiary alicyclic amines) is 2. The molecule has 1 saturated carbocycles. The molecular weight excluding hydrogens is 192 g/mol. The fourth-order valence-corrected chi connectivity index (χ4v) is 3.13. The van der Waals surface area contributed by atoms with Crippen molar-refractivity contribution < 1.29 is 9.90 Å². The van der Waals surface area contributed by atoms with Crippen LogP contribution < -0.4 is 0 Å². The first-order valence-electron chi connectivity index (χ1n) is 5.85. The second kappa shape index (κ2) is 3.19. The maximum Gasteiger partial charge on any atom is 0.317 e. The molecule has 2 saturated heterocycles. The van der Waals surface area contributed by atoms with E-state index in [1.54, 1.807) is 0 Å². The number of carboxylic acid groups (broad SMARTS) is 1. The van der Waals surface area contributed by atoms with E-state index < -0.39 is 5.97 Å². The topological polar surface area (TPSA) is 43.8 Å². The van der Waals surface area contributed by atoms with Crippen LogP contribution in [0.15, 0.2) is 0 Å². The van der Waals surface area contributed by atoms with Crippen molar-refractivity contribution in [2.24, 2.45) is 5.41 Å². The van der Waals surface area contributed by atoms with E-state index in [9.17, 15) is 4.79 Å². The lowest BCUT2D eigenvalue weighted by Gasteiger charge is -2.48. The first-order valence-corrected chi connectivity index (χ1v) is 5.85. The summed E-state index contributed by atoms with van der Waals surface area (Å²) in [6.07, 6.45) is 3.97. The average molecular weight is 210 g/mol. The molecule has 0 bridgehead atoms. The smallest absolute Gasteiger partial charge is 0.317 e. The fourth-order valence-electron chi connectivity index (χ4n) is 3.13. The monoisotopic (exact) mass is 210 g/mol. The van der Waals surface area contributed by atoms with Crippen LogP contribution in [-0.2, 0) is 4.79 Å². The van der Waals surface area contributed by atoms with Crippen LogP contribution in [0.3, 0.4) is 0 Å². The van der Waals surface area contributed by atoms with Crippen LogP contribution in [0.2, 0.25) is 0 Å². The highest BCUT2D eigenvalue weighted by atomic mass is 16.4. The van der Waals surface area contributed by atoms with Gasteiger partial charge in [0.25, 0.3) is 0 Å². The fraction of sp³-hybridized carbons (Fsp3) is 0.909. The number of hydrogen-bond donors (Lipinski definition) is 1. The number of nitrogens with zero attached hydrogens (tertiary/aromatic N) is 2. The van der Waals surface area contributed by atoms with Crippen molar-refractivity contribution in [3.8, 4) is 0 Å². The van der Waals surface area contributed by atoms with Crippen LogP contribution in [0.1, 0.15) is 19.3 Å². The summed E-state index contributed by atoms with van der Waals surface area (Å²) in [6.45, 7) is 4.64. The third kappa shape index (κ3) is 1.76. The van der Waals surface area contributed by atoms with Crippen molar-refractivity contribution >= 4 is 5.97 Å². The van der Waals surface area contributed by atoms with Crippen molar-refractivity contribution in [3.63, 3.8) is 0 Å². The van der Waals surface area contributed by atoms with E-state index in [-0.39, 0.29) is 6.54 Å². The van der Waals surface area contributed by atoms with Crippen LogP contribution >= 0.6 is 0 Å². The third-order valence-corrected chi connectivity index (χ3v) is 4.02.